The molecule has 1 aromatic heterocycles. The number of benzene rings is 1. The van der Waals surface area contributed by atoms with E-state index in [1.807, 2.05) is 14.0 Å². The topological polar surface area (TPSA) is 59.8 Å². The zero-order valence-electron chi connectivity index (χ0n) is 10.5. The SMILES string of the molecule is C[C@H](Sc1nncn1C)C(=O)Nc1cccc(Cl)c1. The molecule has 0 fully saturated rings. The molecule has 0 unspecified atom stereocenters. The van der Waals surface area contributed by atoms with Crippen molar-refractivity contribution in [3.05, 3.63) is 35.6 Å². The quantitative estimate of drug-likeness (QED) is 0.881. The van der Waals surface area contributed by atoms with Crippen molar-refractivity contribution in [3.8, 4) is 0 Å². The summed E-state index contributed by atoms with van der Waals surface area (Å²) in [5, 5.41) is 11.5. The Hall–Kier alpha value is -1.53. The van der Waals surface area contributed by atoms with E-state index in [4.69, 9.17) is 11.6 Å². The number of carbonyl (C=O) groups excluding carboxylic acids is 1. The molecule has 1 amide bonds. The monoisotopic (exact) mass is 296 g/mol. The largest absolute Gasteiger partial charge is 0.325 e. The lowest BCUT2D eigenvalue weighted by molar-refractivity contribution is -0.115. The molecule has 1 atom stereocenters. The third-order valence-corrected chi connectivity index (χ3v) is 3.80. The van der Waals surface area contributed by atoms with E-state index in [1.54, 1.807) is 35.2 Å². The number of aryl methyl sites for hydroxylation is 1. The predicted molar refractivity (Wildman–Crippen MR) is 76.4 cm³/mol. The van der Waals surface area contributed by atoms with Crippen LogP contribution in [0.3, 0.4) is 0 Å². The molecule has 2 aromatic rings. The van der Waals surface area contributed by atoms with Gasteiger partial charge in [0.2, 0.25) is 5.91 Å². The highest BCUT2D eigenvalue weighted by Crippen LogP contribution is 2.22. The van der Waals surface area contributed by atoms with Gasteiger partial charge >= 0.3 is 0 Å². The summed E-state index contributed by atoms with van der Waals surface area (Å²) in [7, 11) is 1.84. The van der Waals surface area contributed by atoms with Gasteiger partial charge in [-0.2, -0.15) is 0 Å². The first-order valence-corrected chi connectivity index (χ1v) is 6.89. The number of rotatable bonds is 4. The Morgan fingerprint density at radius 1 is 1.53 bits per heavy atom. The maximum atomic E-state index is 12.0. The zero-order chi connectivity index (χ0) is 13.8. The smallest absolute Gasteiger partial charge is 0.237 e. The number of nitrogens with zero attached hydrogens (tertiary/aromatic N) is 3. The summed E-state index contributed by atoms with van der Waals surface area (Å²) in [5.41, 5.74) is 0.683. The number of anilines is 1. The molecule has 100 valence electrons. The van der Waals surface area contributed by atoms with Gasteiger partial charge in [-0.15, -0.1) is 10.2 Å². The van der Waals surface area contributed by atoms with Crippen LogP contribution >= 0.6 is 23.4 Å². The minimum Gasteiger partial charge on any atom is -0.325 e. The Morgan fingerprint density at radius 3 is 2.95 bits per heavy atom. The van der Waals surface area contributed by atoms with E-state index in [0.29, 0.717) is 15.9 Å². The van der Waals surface area contributed by atoms with Crippen LogP contribution in [0.15, 0.2) is 35.7 Å². The highest BCUT2D eigenvalue weighted by molar-refractivity contribution is 8.00. The third kappa shape index (κ3) is 3.71. The molecule has 1 N–H and O–H groups in total. The molecule has 1 heterocycles. The van der Waals surface area contributed by atoms with Crippen LogP contribution in [0.1, 0.15) is 6.92 Å². The van der Waals surface area contributed by atoms with Crippen molar-refractivity contribution in [2.75, 3.05) is 5.32 Å². The van der Waals surface area contributed by atoms with Crippen LogP contribution in [0.5, 0.6) is 0 Å². The van der Waals surface area contributed by atoms with Crippen LogP contribution in [0, 0.1) is 0 Å². The van der Waals surface area contributed by atoms with Crippen LogP contribution in [0.4, 0.5) is 5.69 Å². The number of hydrogen-bond acceptors (Lipinski definition) is 4. The molecular weight excluding hydrogens is 284 g/mol. The lowest BCUT2D eigenvalue weighted by Crippen LogP contribution is -2.22. The van der Waals surface area contributed by atoms with Crippen LogP contribution in [0.2, 0.25) is 5.02 Å². The van der Waals surface area contributed by atoms with Crippen LogP contribution in [-0.4, -0.2) is 25.9 Å². The average Bonchev–Trinajstić information content (AvgIpc) is 2.75. The Labute approximate surface area is 120 Å². The van der Waals surface area contributed by atoms with E-state index >= 15 is 0 Å². The Balaban J connectivity index is 1.98. The van der Waals surface area contributed by atoms with E-state index in [2.05, 4.69) is 15.5 Å². The molecule has 5 nitrogen and oxygen atoms in total. The molecule has 0 bridgehead atoms. The van der Waals surface area contributed by atoms with E-state index in [0.717, 1.165) is 0 Å². The molecule has 0 aliphatic rings. The van der Waals surface area contributed by atoms with E-state index < -0.39 is 0 Å². The summed E-state index contributed by atoms with van der Waals surface area (Å²) in [6.07, 6.45) is 1.60. The van der Waals surface area contributed by atoms with E-state index in [9.17, 15) is 4.79 Å². The fourth-order valence-electron chi connectivity index (χ4n) is 1.40. The molecule has 0 aliphatic heterocycles. The fraction of sp³-hybridized carbons (Fsp3) is 0.250. The molecule has 19 heavy (non-hydrogen) atoms. The van der Waals surface area contributed by atoms with Crippen molar-refractivity contribution in [1.82, 2.24) is 14.8 Å². The molecule has 0 spiro atoms. The van der Waals surface area contributed by atoms with Crippen molar-refractivity contribution in [3.63, 3.8) is 0 Å². The Kier molecular flexibility index (Phi) is 4.44. The average molecular weight is 297 g/mol. The fourth-order valence-corrected chi connectivity index (χ4v) is 2.38. The number of hydrogen-bond donors (Lipinski definition) is 1. The number of carbonyl (C=O) groups is 1. The highest BCUT2D eigenvalue weighted by atomic mass is 35.5. The second-order valence-electron chi connectivity index (χ2n) is 3.98. The summed E-state index contributed by atoms with van der Waals surface area (Å²) in [5.74, 6) is -0.102. The first kappa shape index (κ1) is 13.9. The third-order valence-electron chi connectivity index (χ3n) is 2.41. The van der Waals surface area contributed by atoms with Gasteiger partial charge in [-0.3, -0.25) is 4.79 Å². The molecule has 7 heteroatoms. The molecule has 0 radical (unpaired) electrons. The predicted octanol–water partition coefficient (Wildman–Crippen LogP) is 2.59. The second kappa shape index (κ2) is 6.08. The summed E-state index contributed by atoms with van der Waals surface area (Å²) in [4.78, 5) is 12.0. The van der Waals surface area contributed by atoms with Gasteiger partial charge in [0, 0.05) is 17.8 Å². The van der Waals surface area contributed by atoms with Gasteiger partial charge in [0.1, 0.15) is 6.33 Å². The van der Waals surface area contributed by atoms with E-state index in [-0.39, 0.29) is 11.2 Å². The molecule has 0 saturated carbocycles. The molecule has 2 rings (SSSR count). The standard InChI is InChI=1S/C12H13ClN4OS/c1-8(19-12-16-14-7-17(12)2)11(18)15-10-5-3-4-9(13)6-10/h3-8H,1-2H3,(H,15,18)/t8-/m0/s1. The van der Waals surface area contributed by atoms with Crippen molar-refractivity contribution in [2.24, 2.45) is 7.05 Å². The summed E-state index contributed by atoms with van der Waals surface area (Å²) >= 11 is 7.22. The van der Waals surface area contributed by atoms with Crippen molar-refractivity contribution < 1.29 is 4.79 Å². The first-order valence-electron chi connectivity index (χ1n) is 5.63. The number of halogens is 1. The Bertz CT molecular complexity index is 587. The first-order chi connectivity index (χ1) is 9.06. The minimum atomic E-state index is -0.276. The van der Waals surface area contributed by atoms with Gasteiger partial charge in [0.15, 0.2) is 5.16 Å². The maximum absolute atomic E-state index is 12.0. The maximum Gasteiger partial charge on any atom is 0.237 e. The zero-order valence-corrected chi connectivity index (χ0v) is 12.1. The van der Waals surface area contributed by atoms with Gasteiger partial charge in [0.05, 0.1) is 5.25 Å². The normalized spacial score (nSPS) is 12.2. The van der Waals surface area contributed by atoms with Crippen LogP contribution < -0.4 is 5.32 Å². The van der Waals surface area contributed by atoms with Gasteiger partial charge < -0.3 is 9.88 Å². The molecular formula is C12H13ClN4OS. The number of nitrogens with one attached hydrogen (secondary N) is 1. The van der Waals surface area contributed by atoms with Gasteiger partial charge in [-0.05, 0) is 25.1 Å². The summed E-state index contributed by atoms with van der Waals surface area (Å²) in [6.45, 7) is 1.82. The number of amides is 1. The van der Waals surface area contributed by atoms with Gasteiger partial charge in [-0.1, -0.05) is 29.4 Å². The molecule has 0 saturated heterocycles. The number of thioether (sulfide) groups is 1. The summed E-state index contributed by atoms with van der Waals surface area (Å²) < 4.78 is 1.77. The lowest BCUT2D eigenvalue weighted by Gasteiger charge is -2.11. The van der Waals surface area contributed by atoms with E-state index in [1.165, 1.54) is 11.8 Å². The van der Waals surface area contributed by atoms with Crippen molar-refractivity contribution in [1.29, 1.82) is 0 Å². The van der Waals surface area contributed by atoms with Crippen LogP contribution in [-0.2, 0) is 11.8 Å². The minimum absolute atomic E-state index is 0.102. The molecule has 1 aromatic carbocycles. The molecule has 0 aliphatic carbocycles. The lowest BCUT2D eigenvalue weighted by atomic mass is 10.3. The van der Waals surface area contributed by atoms with Gasteiger partial charge in [-0.25, -0.2) is 0 Å². The van der Waals surface area contributed by atoms with Gasteiger partial charge in [0.25, 0.3) is 0 Å². The number of aromatic nitrogens is 3. The summed E-state index contributed by atoms with van der Waals surface area (Å²) in [6, 6.07) is 7.05. The van der Waals surface area contributed by atoms with Crippen LogP contribution in [0.25, 0.3) is 0 Å². The second-order valence-corrected chi connectivity index (χ2v) is 5.73. The highest BCUT2D eigenvalue weighted by Gasteiger charge is 2.17. The Morgan fingerprint density at radius 2 is 2.32 bits per heavy atom. The van der Waals surface area contributed by atoms with Crippen molar-refractivity contribution in [2.45, 2.75) is 17.3 Å². The van der Waals surface area contributed by atoms with Crippen molar-refractivity contribution >= 4 is 35.0 Å².